The molecule has 1 heterocycles. The number of carbonyl (C=O) groups is 3. The number of carbonyl (C=O) groups excluding carboxylic acids is 3. The topological polar surface area (TPSA) is 94.6 Å². The molecule has 9 nitrogen and oxygen atoms in total. The number of likely N-dealkylation sites (tertiary alicyclic amines) is 1. The van der Waals surface area contributed by atoms with E-state index in [1.54, 1.807) is 25.1 Å². The molecule has 9 heteroatoms. The molecule has 2 rings (SSSR count). The van der Waals surface area contributed by atoms with E-state index in [0.717, 1.165) is 32.4 Å². The first kappa shape index (κ1) is 25.5. The van der Waals surface area contributed by atoms with E-state index in [9.17, 15) is 14.4 Å². The second kappa shape index (κ2) is 13.6. The third-order valence-corrected chi connectivity index (χ3v) is 5.03. The molecule has 0 N–H and O–H groups in total. The Morgan fingerprint density at radius 1 is 1.00 bits per heavy atom. The molecule has 1 aliphatic rings. The summed E-state index contributed by atoms with van der Waals surface area (Å²) in [6.45, 7) is 5.90. The van der Waals surface area contributed by atoms with E-state index in [2.05, 4.69) is 0 Å². The van der Waals surface area contributed by atoms with Gasteiger partial charge in [0, 0.05) is 32.3 Å². The van der Waals surface area contributed by atoms with Crippen molar-refractivity contribution in [3.63, 3.8) is 0 Å². The van der Waals surface area contributed by atoms with Gasteiger partial charge in [-0.3, -0.25) is 14.4 Å². The van der Waals surface area contributed by atoms with Crippen LogP contribution in [-0.2, 0) is 19.1 Å². The van der Waals surface area contributed by atoms with Crippen molar-refractivity contribution in [3.8, 4) is 11.5 Å². The van der Waals surface area contributed by atoms with E-state index in [-0.39, 0.29) is 44.7 Å². The highest BCUT2D eigenvalue weighted by atomic mass is 16.5. The quantitative estimate of drug-likeness (QED) is 0.450. The van der Waals surface area contributed by atoms with Gasteiger partial charge in [-0.2, -0.15) is 0 Å². The Balaban J connectivity index is 2.11. The second-order valence-electron chi connectivity index (χ2n) is 7.35. The number of benzene rings is 1. The van der Waals surface area contributed by atoms with Gasteiger partial charge < -0.3 is 28.7 Å². The van der Waals surface area contributed by atoms with Crippen LogP contribution in [0.15, 0.2) is 18.2 Å². The second-order valence-corrected chi connectivity index (χ2v) is 7.35. The summed E-state index contributed by atoms with van der Waals surface area (Å²) in [5, 5.41) is 0. The number of ether oxygens (including phenoxy) is 4. The molecule has 1 aromatic rings. The highest BCUT2D eigenvalue weighted by molar-refractivity contribution is 5.96. The van der Waals surface area contributed by atoms with Crippen LogP contribution in [-0.4, -0.2) is 87.3 Å². The summed E-state index contributed by atoms with van der Waals surface area (Å²) >= 11 is 0. The smallest absolute Gasteiger partial charge is 0.325 e. The Kier molecular flexibility index (Phi) is 10.8. The lowest BCUT2D eigenvalue weighted by atomic mass is 10.1. The largest absolute Gasteiger partial charge is 0.490 e. The summed E-state index contributed by atoms with van der Waals surface area (Å²) in [7, 11) is 1.53. The molecule has 0 spiro atoms. The van der Waals surface area contributed by atoms with Crippen molar-refractivity contribution >= 4 is 17.8 Å². The van der Waals surface area contributed by atoms with E-state index >= 15 is 0 Å². The first-order valence-electron chi connectivity index (χ1n) is 11.1. The number of amides is 2. The fourth-order valence-electron chi connectivity index (χ4n) is 3.40. The molecule has 1 aromatic carbocycles. The average Bonchev–Trinajstić information content (AvgIpc) is 2.81. The van der Waals surface area contributed by atoms with E-state index in [1.165, 1.54) is 12.0 Å². The molecule has 0 aliphatic carbocycles. The number of rotatable bonds is 12. The monoisotopic (exact) mass is 450 g/mol. The Morgan fingerprint density at radius 3 is 2.41 bits per heavy atom. The lowest BCUT2D eigenvalue weighted by molar-refractivity contribution is -0.144. The van der Waals surface area contributed by atoms with Crippen molar-refractivity contribution in [2.24, 2.45) is 0 Å². The van der Waals surface area contributed by atoms with Crippen LogP contribution < -0.4 is 9.47 Å². The molecule has 1 fully saturated rings. The molecular formula is C23H34N2O7. The van der Waals surface area contributed by atoms with Crippen LogP contribution in [0, 0.1) is 0 Å². The van der Waals surface area contributed by atoms with E-state index in [1.807, 2.05) is 11.8 Å². The SMILES string of the molecule is CCOC(=O)CN(CCOC)C(=O)c1ccc(OCC(=O)N2CCCCC2)c(OCC)c1. The Bertz CT molecular complexity index is 763. The molecule has 1 saturated heterocycles. The fourth-order valence-corrected chi connectivity index (χ4v) is 3.40. The minimum absolute atomic E-state index is 0.0625. The van der Waals surface area contributed by atoms with Gasteiger partial charge in [-0.05, 0) is 51.3 Å². The van der Waals surface area contributed by atoms with Crippen LogP contribution >= 0.6 is 0 Å². The van der Waals surface area contributed by atoms with Crippen LogP contribution in [0.25, 0.3) is 0 Å². The van der Waals surface area contributed by atoms with Gasteiger partial charge in [0.1, 0.15) is 6.54 Å². The minimum Gasteiger partial charge on any atom is -0.490 e. The standard InChI is InChI=1S/C23H34N2O7/c1-4-30-20-15-18(23(28)25(13-14-29-3)16-22(27)31-5-2)9-10-19(20)32-17-21(26)24-11-7-6-8-12-24/h9-10,15H,4-8,11-14,16-17H2,1-3H3. The molecule has 0 unspecified atom stereocenters. The van der Waals surface area contributed by atoms with Gasteiger partial charge in [0.2, 0.25) is 0 Å². The van der Waals surface area contributed by atoms with Crippen molar-refractivity contribution in [1.82, 2.24) is 9.80 Å². The summed E-state index contributed by atoms with van der Waals surface area (Å²) < 4.78 is 21.4. The molecule has 0 saturated carbocycles. The Labute approximate surface area is 189 Å². The summed E-state index contributed by atoms with van der Waals surface area (Å²) in [4.78, 5) is 40.5. The molecule has 32 heavy (non-hydrogen) atoms. The Morgan fingerprint density at radius 2 is 1.75 bits per heavy atom. The van der Waals surface area contributed by atoms with Crippen LogP contribution in [0.1, 0.15) is 43.5 Å². The van der Waals surface area contributed by atoms with Crippen molar-refractivity contribution in [2.45, 2.75) is 33.1 Å². The molecule has 0 atom stereocenters. The van der Waals surface area contributed by atoms with Gasteiger partial charge >= 0.3 is 5.97 Å². The van der Waals surface area contributed by atoms with Crippen LogP contribution in [0.4, 0.5) is 0 Å². The zero-order valence-electron chi connectivity index (χ0n) is 19.3. The summed E-state index contributed by atoms with van der Waals surface area (Å²) in [5.41, 5.74) is 0.337. The van der Waals surface area contributed by atoms with Crippen LogP contribution in [0.3, 0.4) is 0 Å². The zero-order valence-corrected chi connectivity index (χ0v) is 19.3. The molecule has 0 bridgehead atoms. The average molecular weight is 451 g/mol. The van der Waals surface area contributed by atoms with Crippen molar-refractivity contribution in [3.05, 3.63) is 23.8 Å². The lowest BCUT2D eigenvalue weighted by Crippen LogP contribution is -2.39. The predicted octanol–water partition coefficient (Wildman–Crippen LogP) is 2.13. The highest BCUT2D eigenvalue weighted by Crippen LogP contribution is 2.29. The van der Waals surface area contributed by atoms with Crippen molar-refractivity contribution in [2.75, 3.05) is 59.7 Å². The zero-order chi connectivity index (χ0) is 23.3. The molecule has 2 amide bonds. The normalized spacial score (nSPS) is 13.4. The summed E-state index contributed by atoms with van der Waals surface area (Å²) in [6, 6.07) is 4.77. The molecule has 178 valence electrons. The molecule has 1 aliphatic heterocycles. The molecule has 0 aromatic heterocycles. The summed E-state index contributed by atoms with van der Waals surface area (Å²) in [6.07, 6.45) is 3.17. The van der Waals surface area contributed by atoms with Gasteiger partial charge in [0.05, 0.1) is 19.8 Å². The fraction of sp³-hybridized carbons (Fsp3) is 0.609. The van der Waals surface area contributed by atoms with Crippen LogP contribution in [0.5, 0.6) is 11.5 Å². The number of methoxy groups -OCH3 is 1. The van der Waals surface area contributed by atoms with E-state index < -0.39 is 5.97 Å². The number of nitrogens with zero attached hydrogens (tertiary/aromatic N) is 2. The lowest BCUT2D eigenvalue weighted by Gasteiger charge is -2.26. The summed E-state index contributed by atoms with van der Waals surface area (Å²) in [5.74, 6) is -0.146. The van der Waals surface area contributed by atoms with Crippen molar-refractivity contribution in [1.29, 1.82) is 0 Å². The van der Waals surface area contributed by atoms with Crippen molar-refractivity contribution < 1.29 is 33.3 Å². The minimum atomic E-state index is -0.488. The predicted molar refractivity (Wildman–Crippen MR) is 118 cm³/mol. The van der Waals surface area contributed by atoms with Gasteiger partial charge in [0.25, 0.3) is 11.8 Å². The van der Waals surface area contributed by atoms with Gasteiger partial charge in [-0.15, -0.1) is 0 Å². The molecule has 0 radical (unpaired) electrons. The van der Waals surface area contributed by atoms with Crippen LogP contribution in [0.2, 0.25) is 0 Å². The first-order valence-corrected chi connectivity index (χ1v) is 11.1. The van der Waals surface area contributed by atoms with Gasteiger partial charge in [0.15, 0.2) is 18.1 Å². The van der Waals surface area contributed by atoms with Gasteiger partial charge in [-0.1, -0.05) is 0 Å². The number of piperidine rings is 1. The first-order chi connectivity index (χ1) is 15.5. The van der Waals surface area contributed by atoms with Gasteiger partial charge in [-0.25, -0.2) is 0 Å². The Hall–Kier alpha value is -2.81. The third-order valence-electron chi connectivity index (χ3n) is 5.03. The maximum Gasteiger partial charge on any atom is 0.325 e. The maximum atomic E-state index is 13.0. The van der Waals surface area contributed by atoms with E-state index in [4.69, 9.17) is 18.9 Å². The third kappa shape index (κ3) is 7.71. The highest BCUT2D eigenvalue weighted by Gasteiger charge is 2.22. The van der Waals surface area contributed by atoms with E-state index in [0.29, 0.717) is 23.7 Å². The molecular weight excluding hydrogens is 416 g/mol. The number of hydrogen-bond donors (Lipinski definition) is 0. The number of hydrogen-bond acceptors (Lipinski definition) is 7. The maximum absolute atomic E-state index is 13.0. The number of esters is 1.